The van der Waals surface area contributed by atoms with Crippen LogP contribution in [0.4, 0.5) is 0 Å². The van der Waals surface area contributed by atoms with Crippen molar-refractivity contribution in [1.82, 2.24) is 0 Å². The fourth-order valence-electron chi connectivity index (χ4n) is 1.31. The Balaban J connectivity index is 3.89. The summed E-state index contributed by atoms with van der Waals surface area (Å²) in [5.74, 6) is 0.657. The van der Waals surface area contributed by atoms with Gasteiger partial charge in [0.25, 0.3) is 0 Å². The average Bonchev–Trinajstić information content (AvgIpc) is 2.11. The van der Waals surface area contributed by atoms with Crippen LogP contribution in [0.1, 0.15) is 34.6 Å². The maximum absolute atomic E-state index is 5.75. The van der Waals surface area contributed by atoms with E-state index in [1.165, 1.54) is 6.04 Å². The van der Waals surface area contributed by atoms with E-state index in [-0.39, 0.29) is 27.6 Å². The minimum absolute atomic E-state index is 0.0546. The third-order valence-corrected chi connectivity index (χ3v) is 4.32. The van der Waals surface area contributed by atoms with Crippen LogP contribution < -0.4 is 5.73 Å². The fraction of sp³-hybridized carbons (Fsp3) is 1.00. The lowest BCUT2D eigenvalue weighted by molar-refractivity contribution is -0.134. The summed E-state index contributed by atoms with van der Waals surface area (Å²) in [7, 11) is -0.343. The van der Waals surface area contributed by atoms with E-state index in [1.54, 1.807) is 0 Å². The van der Waals surface area contributed by atoms with Crippen molar-refractivity contribution in [3.63, 3.8) is 0 Å². The molecule has 0 radical (unpaired) electrons. The monoisotopic (exact) mass is 233 g/mol. The molecule has 0 aliphatic rings. The van der Waals surface area contributed by atoms with Crippen LogP contribution in [0.5, 0.6) is 0 Å². The Morgan fingerprint density at radius 2 is 1.47 bits per heavy atom. The standard InChI is InChI=1S/C11H27NO2Si/c1-8(2)13-11(14-9(3)4)15-7-10(5)6-12/h8-11H,6-7,12,15H2,1-5H3. The number of nitrogens with two attached hydrogens (primary N) is 1. The van der Waals surface area contributed by atoms with E-state index in [2.05, 4.69) is 34.6 Å². The highest BCUT2D eigenvalue weighted by atomic mass is 28.2. The summed E-state index contributed by atoms with van der Waals surface area (Å²) < 4.78 is 11.5. The van der Waals surface area contributed by atoms with Gasteiger partial charge < -0.3 is 15.2 Å². The van der Waals surface area contributed by atoms with Crippen LogP contribution in [0.3, 0.4) is 0 Å². The van der Waals surface area contributed by atoms with E-state index in [9.17, 15) is 0 Å². The highest BCUT2D eigenvalue weighted by Crippen LogP contribution is 2.08. The first-order valence-electron chi connectivity index (χ1n) is 5.96. The van der Waals surface area contributed by atoms with Gasteiger partial charge in [-0.15, -0.1) is 0 Å². The molecule has 0 heterocycles. The van der Waals surface area contributed by atoms with Crippen LogP contribution in [-0.4, -0.2) is 34.2 Å². The lowest BCUT2D eigenvalue weighted by Crippen LogP contribution is -2.31. The van der Waals surface area contributed by atoms with Crippen LogP contribution >= 0.6 is 0 Å². The zero-order valence-corrected chi connectivity index (χ0v) is 12.2. The summed E-state index contributed by atoms with van der Waals surface area (Å²) >= 11 is 0. The molecule has 0 rings (SSSR count). The number of hydrogen-bond acceptors (Lipinski definition) is 3. The van der Waals surface area contributed by atoms with Crippen molar-refractivity contribution in [3.8, 4) is 0 Å². The molecule has 0 saturated carbocycles. The second-order valence-electron chi connectivity index (χ2n) is 4.72. The average molecular weight is 233 g/mol. The Bertz CT molecular complexity index is 144. The number of hydrogen-bond donors (Lipinski definition) is 1. The Labute approximate surface area is 96.5 Å². The SMILES string of the molecule is CC(CN)C[SiH2]C(OC(C)C)OC(C)C. The van der Waals surface area contributed by atoms with Gasteiger partial charge in [0, 0.05) is 0 Å². The van der Waals surface area contributed by atoms with Gasteiger partial charge in [0.2, 0.25) is 0 Å². The molecule has 0 amide bonds. The maximum atomic E-state index is 5.75. The largest absolute Gasteiger partial charge is 0.354 e. The van der Waals surface area contributed by atoms with E-state index in [0.717, 1.165) is 6.54 Å². The van der Waals surface area contributed by atoms with Crippen molar-refractivity contribution in [2.45, 2.75) is 58.8 Å². The predicted molar refractivity (Wildman–Crippen MR) is 67.8 cm³/mol. The van der Waals surface area contributed by atoms with Gasteiger partial charge in [0.15, 0.2) is 0 Å². The normalized spacial score (nSPS) is 15.0. The van der Waals surface area contributed by atoms with Crippen molar-refractivity contribution in [3.05, 3.63) is 0 Å². The molecule has 0 aliphatic heterocycles. The van der Waals surface area contributed by atoms with E-state index in [1.807, 2.05) is 0 Å². The molecule has 0 fully saturated rings. The first-order chi connectivity index (χ1) is 6.95. The van der Waals surface area contributed by atoms with Crippen LogP contribution in [0.25, 0.3) is 0 Å². The third-order valence-electron chi connectivity index (χ3n) is 2.15. The maximum Gasteiger partial charge on any atom is 0.135 e. The zero-order chi connectivity index (χ0) is 11.8. The van der Waals surface area contributed by atoms with E-state index in [4.69, 9.17) is 15.2 Å². The Morgan fingerprint density at radius 3 is 1.80 bits per heavy atom. The number of rotatable bonds is 8. The Hall–Kier alpha value is 0.0969. The smallest absolute Gasteiger partial charge is 0.135 e. The molecule has 92 valence electrons. The molecule has 0 aliphatic carbocycles. The molecule has 0 spiro atoms. The first kappa shape index (κ1) is 15.1. The van der Waals surface area contributed by atoms with Gasteiger partial charge in [-0.2, -0.15) is 0 Å². The molecule has 1 unspecified atom stereocenters. The van der Waals surface area contributed by atoms with Gasteiger partial charge >= 0.3 is 0 Å². The molecule has 3 nitrogen and oxygen atoms in total. The van der Waals surface area contributed by atoms with E-state index in [0.29, 0.717) is 5.92 Å². The summed E-state index contributed by atoms with van der Waals surface area (Å²) in [5.41, 5.74) is 5.60. The summed E-state index contributed by atoms with van der Waals surface area (Å²) in [4.78, 5) is 0. The van der Waals surface area contributed by atoms with Crippen molar-refractivity contribution < 1.29 is 9.47 Å². The second kappa shape index (κ2) is 8.27. The van der Waals surface area contributed by atoms with Crippen LogP contribution in [0.2, 0.25) is 6.04 Å². The minimum Gasteiger partial charge on any atom is -0.354 e. The molecular formula is C11H27NO2Si. The highest BCUT2D eigenvalue weighted by Gasteiger charge is 2.15. The van der Waals surface area contributed by atoms with Gasteiger partial charge in [-0.05, 0) is 40.2 Å². The minimum atomic E-state index is -0.343. The molecule has 0 aromatic carbocycles. The summed E-state index contributed by atoms with van der Waals surface area (Å²) in [6.07, 6.45) is 0.490. The van der Waals surface area contributed by atoms with Gasteiger partial charge in [-0.1, -0.05) is 13.0 Å². The summed E-state index contributed by atoms with van der Waals surface area (Å²) in [6, 6.07) is 1.20. The Kier molecular flexibility index (Phi) is 8.33. The van der Waals surface area contributed by atoms with Gasteiger partial charge in [-0.25, -0.2) is 0 Å². The van der Waals surface area contributed by atoms with Crippen molar-refractivity contribution in [2.75, 3.05) is 6.54 Å². The number of ether oxygens (including phenoxy) is 2. The van der Waals surface area contributed by atoms with Crippen LogP contribution in [-0.2, 0) is 9.47 Å². The van der Waals surface area contributed by atoms with E-state index >= 15 is 0 Å². The fourth-order valence-corrected chi connectivity index (χ4v) is 3.43. The molecule has 0 aromatic rings. The van der Waals surface area contributed by atoms with Crippen LogP contribution in [0.15, 0.2) is 0 Å². The first-order valence-corrected chi connectivity index (χ1v) is 7.78. The predicted octanol–water partition coefficient (Wildman–Crippen LogP) is 1.30. The summed E-state index contributed by atoms with van der Waals surface area (Å²) in [5, 5.41) is 0. The van der Waals surface area contributed by atoms with Crippen molar-refractivity contribution >= 4 is 9.52 Å². The van der Waals surface area contributed by atoms with Gasteiger partial charge in [-0.3, -0.25) is 0 Å². The molecule has 0 bridgehead atoms. The molecular weight excluding hydrogens is 206 g/mol. The summed E-state index contributed by atoms with van der Waals surface area (Å²) in [6.45, 7) is 11.2. The second-order valence-corrected chi connectivity index (χ2v) is 6.54. The molecule has 2 N–H and O–H groups in total. The third kappa shape index (κ3) is 9.05. The molecule has 15 heavy (non-hydrogen) atoms. The van der Waals surface area contributed by atoms with E-state index < -0.39 is 0 Å². The highest BCUT2D eigenvalue weighted by molar-refractivity contribution is 6.36. The lowest BCUT2D eigenvalue weighted by atomic mass is 10.2. The molecule has 4 heteroatoms. The van der Waals surface area contributed by atoms with Crippen molar-refractivity contribution in [1.29, 1.82) is 0 Å². The zero-order valence-electron chi connectivity index (χ0n) is 10.8. The molecule has 0 saturated heterocycles. The van der Waals surface area contributed by atoms with Crippen LogP contribution in [0, 0.1) is 5.92 Å². The quantitative estimate of drug-likeness (QED) is 0.508. The van der Waals surface area contributed by atoms with Gasteiger partial charge in [0.05, 0.1) is 21.7 Å². The Morgan fingerprint density at radius 1 is 1.00 bits per heavy atom. The molecule has 0 aromatic heterocycles. The lowest BCUT2D eigenvalue weighted by Gasteiger charge is -2.23. The van der Waals surface area contributed by atoms with Gasteiger partial charge in [0.1, 0.15) is 5.91 Å². The van der Waals surface area contributed by atoms with Crippen molar-refractivity contribution in [2.24, 2.45) is 11.7 Å². The topological polar surface area (TPSA) is 44.5 Å². The molecule has 1 atom stereocenters.